The molecule has 1 rings (SSSR count). The Labute approximate surface area is 49.7 Å². The van der Waals surface area contributed by atoms with Crippen LogP contribution in [0.15, 0.2) is 21.7 Å². The molecule has 1 aromatic rings. The maximum absolute atomic E-state index is 10.4. The van der Waals surface area contributed by atoms with Gasteiger partial charge in [0.05, 0.1) is 0 Å². The van der Waals surface area contributed by atoms with Crippen molar-refractivity contribution in [2.24, 2.45) is 0 Å². The summed E-state index contributed by atoms with van der Waals surface area (Å²) in [7, 11) is 0. The zero-order valence-electron chi connectivity index (χ0n) is 4.50. The number of aromatic amines is 1. The fraction of sp³-hybridized carbons (Fsp3) is 0. The summed E-state index contributed by atoms with van der Waals surface area (Å²) >= 11 is 0. The molecule has 0 atom stereocenters. The lowest BCUT2D eigenvalue weighted by molar-refractivity contribution is 0.744. The van der Waals surface area contributed by atoms with E-state index in [2.05, 4.69) is 5.10 Å². The third-order valence-corrected chi connectivity index (χ3v) is 0.845. The highest BCUT2D eigenvalue weighted by molar-refractivity contribution is 4.85. The highest BCUT2D eigenvalue weighted by Gasteiger charge is 1.86. The van der Waals surface area contributed by atoms with Crippen molar-refractivity contribution in [3.8, 4) is 0 Å². The van der Waals surface area contributed by atoms with Gasteiger partial charge >= 0.3 is 0 Å². The van der Waals surface area contributed by atoms with Gasteiger partial charge in [-0.15, -0.1) is 0 Å². The number of nitrogens with one attached hydrogen (secondary N) is 1. The Bertz CT molecular complexity index is 310. The number of hydrogen-bond acceptors (Lipinski definition) is 3. The molecule has 5 heteroatoms. The molecule has 5 nitrogen and oxygen atoms in total. The number of hydrogen-bond donors (Lipinski definition) is 2. The number of aromatic nitrogens is 2. The largest absolute Gasteiger partial charge is 0.321 e. The van der Waals surface area contributed by atoms with Crippen molar-refractivity contribution in [1.82, 2.24) is 9.89 Å². The highest BCUT2D eigenvalue weighted by atomic mass is 16.2. The molecule has 0 amide bonds. The minimum atomic E-state index is -0.436. The smallest absolute Gasteiger partial charge is 0.284 e. The molecular weight excluding hydrogens is 122 g/mol. The molecule has 1 aromatic heterocycles. The minimum Gasteiger partial charge on any atom is -0.321 e. The van der Waals surface area contributed by atoms with E-state index in [4.69, 9.17) is 5.84 Å². The first-order chi connectivity index (χ1) is 4.20. The van der Waals surface area contributed by atoms with Crippen molar-refractivity contribution >= 4 is 0 Å². The quantitative estimate of drug-likeness (QED) is 0.405. The monoisotopic (exact) mass is 127 g/mol. The van der Waals surface area contributed by atoms with Crippen LogP contribution in [0.25, 0.3) is 0 Å². The van der Waals surface area contributed by atoms with Crippen molar-refractivity contribution < 1.29 is 0 Å². The van der Waals surface area contributed by atoms with Gasteiger partial charge in [0.15, 0.2) is 0 Å². The normalized spacial score (nSPS) is 9.33. The Kier molecular flexibility index (Phi) is 1.11. The van der Waals surface area contributed by atoms with Crippen LogP contribution in [0, 0.1) is 0 Å². The Morgan fingerprint density at radius 3 is 2.56 bits per heavy atom. The molecule has 0 bridgehead atoms. The summed E-state index contributed by atoms with van der Waals surface area (Å²) in [6, 6.07) is 2.21. The van der Waals surface area contributed by atoms with Gasteiger partial charge in [-0.3, -0.25) is 9.59 Å². The summed E-state index contributed by atoms with van der Waals surface area (Å²) in [5.41, 5.74) is -0.827. The molecule has 3 N–H and O–H groups in total. The zero-order valence-corrected chi connectivity index (χ0v) is 4.50. The second-order valence-corrected chi connectivity index (χ2v) is 1.52. The van der Waals surface area contributed by atoms with Crippen LogP contribution in [0.3, 0.4) is 0 Å². The molecule has 1 heterocycles. The van der Waals surface area contributed by atoms with Crippen molar-refractivity contribution in [2.45, 2.75) is 0 Å². The van der Waals surface area contributed by atoms with E-state index >= 15 is 0 Å². The fourth-order valence-electron chi connectivity index (χ4n) is 0.438. The van der Waals surface area contributed by atoms with E-state index in [1.54, 1.807) is 0 Å². The lowest BCUT2D eigenvalue weighted by atomic mass is 10.6. The van der Waals surface area contributed by atoms with Crippen LogP contribution < -0.4 is 17.0 Å². The summed E-state index contributed by atoms with van der Waals surface area (Å²) in [5, 5.41) is 2.06. The predicted octanol–water partition coefficient (Wildman–Crippen LogP) is -1.75. The Morgan fingerprint density at radius 2 is 2.11 bits per heavy atom. The molecule has 0 fully saturated rings. The summed E-state index contributed by atoms with van der Waals surface area (Å²) in [6.07, 6.45) is 0. The number of H-pyrrole nitrogens is 1. The molecule has 48 valence electrons. The second kappa shape index (κ2) is 1.77. The van der Waals surface area contributed by atoms with Gasteiger partial charge in [0.25, 0.3) is 11.1 Å². The summed E-state index contributed by atoms with van der Waals surface area (Å²) in [5.74, 6) is 4.97. The van der Waals surface area contributed by atoms with Gasteiger partial charge in [0, 0.05) is 12.1 Å². The summed E-state index contributed by atoms with van der Waals surface area (Å²) in [6.45, 7) is 0. The van der Waals surface area contributed by atoms with Gasteiger partial charge in [-0.25, -0.2) is 5.10 Å². The van der Waals surface area contributed by atoms with Crippen molar-refractivity contribution in [3.05, 3.63) is 32.8 Å². The van der Waals surface area contributed by atoms with Crippen LogP contribution >= 0.6 is 0 Å². The van der Waals surface area contributed by atoms with E-state index in [0.29, 0.717) is 4.79 Å². The van der Waals surface area contributed by atoms with E-state index in [1.165, 1.54) is 0 Å². The van der Waals surface area contributed by atoms with Crippen LogP contribution in [0.4, 0.5) is 0 Å². The van der Waals surface area contributed by atoms with Crippen molar-refractivity contribution in [1.29, 1.82) is 0 Å². The molecule has 0 unspecified atom stereocenters. The first-order valence-corrected chi connectivity index (χ1v) is 2.27. The standard InChI is InChI=1S/C4H5N3O2/c5-7-4(9)2-1-3(8)6-7/h1-2H,5H2,(H,6,8). The molecule has 0 spiro atoms. The SMILES string of the molecule is Nn1[nH]c(=O)ccc1=O. The van der Waals surface area contributed by atoms with E-state index in [1.807, 2.05) is 0 Å². The van der Waals surface area contributed by atoms with Crippen LogP contribution in [0.5, 0.6) is 0 Å². The first-order valence-electron chi connectivity index (χ1n) is 2.27. The van der Waals surface area contributed by atoms with Gasteiger partial charge in [-0.2, -0.15) is 4.79 Å². The maximum Gasteiger partial charge on any atom is 0.284 e. The average molecular weight is 127 g/mol. The molecule has 0 aliphatic rings. The second-order valence-electron chi connectivity index (χ2n) is 1.52. The Morgan fingerprint density at radius 1 is 1.44 bits per heavy atom. The third-order valence-electron chi connectivity index (χ3n) is 0.845. The molecule has 9 heavy (non-hydrogen) atoms. The van der Waals surface area contributed by atoms with Gasteiger partial charge in [-0.05, 0) is 0 Å². The summed E-state index contributed by atoms with van der Waals surface area (Å²) in [4.78, 5) is 21.4. The molecular formula is C4H5N3O2. The van der Waals surface area contributed by atoms with Gasteiger partial charge in [0.2, 0.25) is 0 Å². The van der Waals surface area contributed by atoms with E-state index in [-0.39, 0.29) is 0 Å². The van der Waals surface area contributed by atoms with Crippen LogP contribution in [0.1, 0.15) is 0 Å². The van der Waals surface area contributed by atoms with E-state index < -0.39 is 11.1 Å². The topological polar surface area (TPSA) is 80.9 Å². The third kappa shape index (κ3) is 0.987. The molecule has 0 saturated carbocycles. The van der Waals surface area contributed by atoms with Gasteiger partial charge in [-0.1, -0.05) is 0 Å². The summed E-state index contributed by atoms with van der Waals surface area (Å²) < 4.78 is 0. The predicted molar refractivity (Wildman–Crippen MR) is 31.5 cm³/mol. The molecule has 0 aromatic carbocycles. The lowest BCUT2D eigenvalue weighted by Crippen LogP contribution is -2.33. The Balaban J connectivity index is 3.52. The van der Waals surface area contributed by atoms with Gasteiger partial charge in [0.1, 0.15) is 0 Å². The van der Waals surface area contributed by atoms with Crippen LogP contribution in [-0.2, 0) is 0 Å². The average Bonchev–Trinajstić information content (AvgIpc) is 1.80. The Hall–Kier alpha value is -1.52. The van der Waals surface area contributed by atoms with E-state index in [0.717, 1.165) is 12.1 Å². The number of nitrogen functional groups attached to an aromatic ring is 1. The zero-order chi connectivity index (χ0) is 6.85. The minimum absolute atomic E-state index is 0.392. The van der Waals surface area contributed by atoms with Crippen LogP contribution in [0.2, 0.25) is 0 Å². The number of nitrogens with zero attached hydrogens (tertiary/aromatic N) is 1. The molecule has 0 aliphatic heterocycles. The van der Waals surface area contributed by atoms with Crippen molar-refractivity contribution in [2.75, 3.05) is 5.84 Å². The lowest BCUT2D eigenvalue weighted by Gasteiger charge is -1.90. The maximum atomic E-state index is 10.4. The molecule has 0 saturated heterocycles. The first kappa shape index (κ1) is 5.61. The number of rotatable bonds is 0. The highest BCUT2D eigenvalue weighted by Crippen LogP contribution is 1.54. The number of nitrogens with two attached hydrogens (primary N) is 1. The van der Waals surface area contributed by atoms with Crippen molar-refractivity contribution in [3.63, 3.8) is 0 Å². The van der Waals surface area contributed by atoms with E-state index in [9.17, 15) is 9.59 Å². The van der Waals surface area contributed by atoms with Crippen LogP contribution in [-0.4, -0.2) is 9.89 Å². The molecule has 0 radical (unpaired) electrons. The van der Waals surface area contributed by atoms with Gasteiger partial charge < -0.3 is 5.84 Å². The molecule has 0 aliphatic carbocycles. The fourth-order valence-corrected chi connectivity index (χ4v) is 0.438.